The van der Waals surface area contributed by atoms with Crippen molar-refractivity contribution in [2.24, 2.45) is 5.92 Å². The number of hydrogen-bond donors (Lipinski definition) is 9. The molecule has 66 heavy (non-hydrogen) atoms. The standard InChI is InChI=1S/C46H66O20/c1-17-27(63-30-10-9-26(48)19(3)59-30)13-24-11-23-12-25(43(58-8)42(55)37(50)18(2)47)44(41(54)35(23)40(53)34(24)36(17)49)66-32-15-28(38(51)21(5)61-32)64-31-14-29(39(52)20(4)60-31)65-33-16-46(7,57)45(56)22(6)62-33/h11,13,18-22,25-26,28-33,37-39,43-45,47-53,56-57H,9-10,12,14-16H2,1-8H3/t18-,19-,20-,21-,22-,25+,26+,28-,29-,30+,31+,32+,33+,37+,38-,39+,43+,44+,45-,46+/m1/s1. The molecule has 0 saturated carbocycles. The average Bonchev–Trinajstić information content (AvgIpc) is 3.24. The van der Waals surface area contributed by atoms with Crippen LogP contribution in [0.15, 0.2) is 12.1 Å². The molecule has 4 aliphatic heterocycles. The van der Waals surface area contributed by atoms with Gasteiger partial charge in [-0.25, -0.2) is 0 Å². The zero-order chi connectivity index (χ0) is 48.3. The second-order valence-corrected chi connectivity index (χ2v) is 18.9. The van der Waals surface area contributed by atoms with Gasteiger partial charge >= 0.3 is 0 Å². The zero-order valence-corrected chi connectivity index (χ0v) is 38.4. The van der Waals surface area contributed by atoms with E-state index in [1.54, 1.807) is 46.8 Å². The molecule has 0 radical (unpaired) electrons. The van der Waals surface area contributed by atoms with Gasteiger partial charge in [0.15, 0.2) is 36.7 Å². The Morgan fingerprint density at radius 2 is 1.38 bits per heavy atom. The first-order valence-corrected chi connectivity index (χ1v) is 22.7. The predicted molar refractivity (Wildman–Crippen MR) is 227 cm³/mol. The number of phenolic OH excluding ortho intramolecular Hbond substituents is 2. The second kappa shape index (κ2) is 20.1. The van der Waals surface area contributed by atoms with Crippen LogP contribution in [0.4, 0.5) is 0 Å². The number of aromatic hydroxyl groups is 2. The highest BCUT2D eigenvalue weighted by Crippen LogP contribution is 2.47. The second-order valence-electron chi connectivity index (χ2n) is 18.9. The third-order valence-electron chi connectivity index (χ3n) is 13.8. The third-order valence-corrected chi connectivity index (χ3v) is 13.8. The molecule has 0 unspecified atom stereocenters. The highest BCUT2D eigenvalue weighted by Gasteiger charge is 2.51. The van der Waals surface area contributed by atoms with Crippen LogP contribution in [-0.4, -0.2) is 181 Å². The van der Waals surface area contributed by atoms with Crippen LogP contribution in [0.3, 0.4) is 0 Å². The first kappa shape index (κ1) is 50.7. The van der Waals surface area contributed by atoms with Gasteiger partial charge in [-0.15, -0.1) is 0 Å². The molecule has 2 aromatic carbocycles. The Morgan fingerprint density at radius 1 is 0.803 bits per heavy atom. The summed E-state index contributed by atoms with van der Waals surface area (Å²) < 4.78 is 54.2. The van der Waals surface area contributed by atoms with Crippen molar-refractivity contribution < 1.29 is 98.2 Å². The van der Waals surface area contributed by atoms with Crippen LogP contribution in [-0.2, 0) is 49.1 Å². The lowest BCUT2D eigenvalue weighted by molar-refractivity contribution is -0.334. The fourth-order valence-corrected chi connectivity index (χ4v) is 9.84. The van der Waals surface area contributed by atoms with E-state index in [2.05, 4.69) is 0 Å². The topological polar surface area (TPSA) is 299 Å². The van der Waals surface area contributed by atoms with Crippen molar-refractivity contribution >= 4 is 22.3 Å². The molecule has 4 fully saturated rings. The highest BCUT2D eigenvalue weighted by atomic mass is 16.7. The van der Waals surface area contributed by atoms with E-state index in [0.29, 0.717) is 12.8 Å². The van der Waals surface area contributed by atoms with E-state index in [0.717, 1.165) is 0 Å². The number of methoxy groups -OCH3 is 1. The molecule has 7 rings (SSSR count). The summed E-state index contributed by atoms with van der Waals surface area (Å²) >= 11 is 0. The first-order chi connectivity index (χ1) is 31.0. The van der Waals surface area contributed by atoms with Crippen LogP contribution in [0.2, 0.25) is 0 Å². The number of rotatable bonds is 13. The number of ether oxygens (including phenoxy) is 9. The Hall–Kier alpha value is -3.16. The van der Waals surface area contributed by atoms with E-state index in [1.165, 1.54) is 21.0 Å². The SMILES string of the molecule is CO[C@H](C(=O)[C@@H](O)[C@@H](C)O)[C@@H]1Cc2cc3cc(O[C@H]4CC[C@H](O)[C@@H](C)O4)c(C)c(O)c3c(O)c2C(=O)[C@H]1O[C@H]1C[C@@H](O[C@H]2C[C@@H](O[C@H]3C[C@](C)(O)[C@H](O)[C@@H](C)O3)[C@@H](O)[C@@H](C)O2)[C@H](O)[C@@H](C)O1. The summed E-state index contributed by atoms with van der Waals surface area (Å²) in [5.41, 5.74) is -1.23. The summed E-state index contributed by atoms with van der Waals surface area (Å²) in [4.78, 5) is 28.6. The molecule has 0 amide bonds. The molecule has 20 atom stereocenters. The molecule has 4 heterocycles. The summed E-state index contributed by atoms with van der Waals surface area (Å²) in [7, 11) is 1.20. The van der Waals surface area contributed by atoms with Gasteiger partial charge in [0.05, 0.1) is 65.4 Å². The Bertz CT molecular complexity index is 2060. The van der Waals surface area contributed by atoms with E-state index >= 15 is 0 Å². The smallest absolute Gasteiger partial charge is 0.200 e. The maximum absolute atomic E-state index is 14.8. The van der Waals surface area contributed by atoms with Crippen molar-refractivity contribution in [1.29, 1.82) is 0 Å². The quantitative estimate of drug-likeness (QED) is 0.135. The third kappa shape index (κ3) is 10.1. The Morgan fingerprint density at radius 3 is 1.95 bits per heavy atom. The van der Waals surface area contributed by atoms with E-state index < -0.39 is 139 Å². The Labute approximate surface area is 382 Å². The van der Waals surface area contributed by atoms with Gasteiger partial charge in [0.1, 0.15) is 53.9 Å². The van der Waals surface area contributed by atoms with Crippen LogP contribution in [0.1, 0.15) is 95.1 Å². The number of hydrogen-bond acceptors (Lipinski definition) is 20. The lowest BCUT2D eigenvalue weighted by Crippen LogP contribution is -2.58. The summed E-state index contributed by atoms with van der Waals surface area (Å²) in [6, 6.07) is 3.15. The van der Waals surface area contributed by atoms with Crippen molar-refractivity contribution in [3.8, 4) is 17.2 Å². The van der Waals surface area contributed by atoms with Crippen LogP contribution in [0, 0.1) is 12.8 Å². The minimum atomic E-state index is -1.90. The fourth-order valence-electron chi connectivity index (χ4n) is 9.84. The van der Waals surface area contributed by atoms with Gasteiger partial charge in [-0.05, 0) is 84.4 Å². The summed E-state index contributed by atoms with van der Waals surface area (Å²) in [5.74, 6) is -3.64. The number of phenols is 2. The number of benzene rings is 2. The van der Waals surface area contributed by atoms with Crippen LogP contribution < -0.4 is 4.74 Å². The van der Waals surface area contributed by atoms with Crippen LogP contribution in [0.25, 0.3) is 10.8 Å². The highest BCUT2D eigenvalue weighted by molar-refractivity contribution is 6.11. The van der Waals surface area contributed by atoms with Gasteiger partial charge in [0, 0.05) is 44.3 Å². The molecular formula is C46H66O20. The number of fused-ring (bicyclic) bond motifs is 2. The number of Topliss-reactive ketones (excluding diaryl/α,β-unsaturated/α-hetero) is 2. The lowest BCUT2D eigenvalue weighted by atomic mass is 9.75. The normalized spacial score (nSPS) is 40.1. The molecule has 1 aliphatic carbocycles. The fraction of sp³-hybridized carbons (Fsp3) is 0.739. The largest absolute Gasteiger partial charge is 0.507 e. The monoisotopic (exact) mass is 938 g/mol. The zero-order valence-electron chi connectivity index (χ0n) is 38.4. The molecule has 370 valence electrons. The van der Waals surface area contributed by atoms with E-state index in [4.69, 9.17) is 42.6 Å². The summed E-state index contributed by atoms with van der Waals surface area (Å²) in [6.45, 7) is 10.7. The molecule has 0 aromatic heterocycles. The van der Waals surface area contributed by atoms with Gasteiger partial charge in [-0.3, -0.25) is 9.59 Å². The maximum Gasteiger partial charge on any atom is 0.200 e. The van der Waals surface area contributed by atoms with Crippen molar-refractivity contribution in [2.45, 2.75) is 203 Å². The van der Waals surface area contributed by atoms with Gasteiger partial charge in [0.2, 0.25) is 0 Å². The number of carbonyl (C=O) groups excluding carboxylic acids is 2. The molecule has 2 aromatic rings. The van der Waals surface area contributed by atoms with Crippen molar-refractivity contribution in [3.63, 3.8) is 0 Å². The molecule has 20 heteroatoms. The Balaban J connectivity index is 1.15. The molecule has 20 nitrogen and oxygen atoms in total. The van der Waals surface area contributed by atoms with E-state index in [9.17, 15) is 55.5 Å². The van der Waals surface area contributed by atoms with Crippen molar-refractivity contribution in [1.82, 2.24) is 0 Å². The van der Waals surface area contributed by atoms with Gasteiger partial charge in [-0.2, -0.15) is 0 Å². The van der Waals surface area contributed by atoms with Crippen molar-refractivity contribution in [3.05, 3.63) is 28.8 Å². The first-order valence-electron chi connectivity index (χ1n) is 22.7. The van der Waals surface area contributed by atoms with Gasteiger partial charge < -0.3 is 88.6 Å². The molecule has 0 spiro atoms. The molecule has 4 saturated heterocycles. The van der Waals surface area contributed by atoms with Gasteiger partial charge in [-0.1, -0.05) is 0 Å². The summed E-state index contributed by atoms with van der Waals surface area (Å²) in [5, 5.41) is 98.2. The number of aliphatic hydroxyl groups excluding tert-OH is 6. The van der Waals surface area contributed by atoms with E-state index in [1.807, 2.05) is 0 Å². The van der Waals surface area contributed by atoms with Crippen molar-refractivity contribution in [2.75, 3.05) is 7.11 Å². The van der Waals surface area contributed by atoms with Crippen LogP contribution >= 0.6 is 0 Å². The average molecular weight is 939 g/mol. The molecule has 0 bridgehead atoms. The maximum atomic E-state index is 14.8. The Kier molecular flexibility index (Phi) is 15.4. The molecule has 5 aliphatic rings. The van der Waals surface area contributed by atoms with Crippen LogP contribution in [0.5, 0.6) is 17.2 Å². The number of carbonyl (C=O) groups is 2. The van der Waals surface area contributed by atoms with E-state index in [-0.39, 0.29) is 64.6 Å². The minimum absolute atomic E-state index is 0.0392. The molecule has 9 N–H and O–H groups in total. The number of ketones is 2. The lowest BCUT2D eigenvalue weighted by Gasteiger charge is -2.46. The molecular weight excluding hydrogens is 872 g/mol. The summed E-state index contributed by atoms with van der Waals surface area (Å²) in [6.07, 6.45) is -19.5. The minimum Gasteiger partial charge on any atom is -0.507 e. The predicted octanol–water partition coefficient (Wildman–Crippen LogP) is 0.899. The number of aliphatic hydroxyl groups is 7. The van der Waals surface area contributed by atoms with Gasteiger partial charge in [0.25, 0.3) is 0 Å².